The van der Waals surface area contributed by atoms with E-state index in [9.17, 15) is 8.78 Å². The van der Waals surface area contributed by atoms with Crippen molar-refractivity contribution in [1.29, 1.82) is 0 Å². The highest BCUT2D eigenvalue weighted by Gasteiger charge is 2.22. The molecule has 0 saturated carbocycles. The molecule has 1 aromatic heterocycles. The van der Waals surface area contributed by atoms with E-state index < -0.39 is 11.6 Å². The second-order valence-electron chi connectivity index (χ2n) is 5.44. The molecule has 1 aliphatic heterocycles. The van der Waals surface area contributed by atoms with Gasteiger partial charge < -0.3 is 21.3 Å². The molecule has 1 fully saturated rings. The lowest BCUT2D eigenvalue weighted by atomic mass is 10.3. The minimum absolute atomic E-state index is 0.125. The maximum absolute atomic E-state index is 13.3. The van der Waals surface area contributed by atoms with Gasteiger partial charge in [-0.1, -0.05) is 0 Å². The molecular weight excluding hydrogens is 302 g/mol. The molecule has 2 heterocycles. The van der Waals surface area contributed by atoms with Crippen LogP contribution in [0, 0.1) is 11.6 Å². The molecule has 1 saturated heterocycles. The lowest BCUT2D eigenvalue weighted by Crippen LogP contribution is -2.30. The molecule has 122 valence electrons. The summed E-state index contributed by atoms with van der Waals surface area (Å²) in [5.41, 5.74) is 6.15. The third-order valence-corrected chi connectivity index (χ3v) is 3.84. The Bertz CT molecular complexity index is 708. The first-order chi connectivity index (χ1) is 11.0. The van der Waals surface area contributed by atoms with E-state index >= 15 is 0 Å². The van der Waals surface area contributed by atoms with Gasteiger partial charge >= 0.3 is 0 Å². The van der Waals surface area contributed by atoms with E-state index in [2.05, 4.69) is 25.5 Å². The molecule has 4 N–H and O–H groups in total. The third kappa shape index (κ3) is 3.48. The van der Waals surface area contributed by atoms with Gasteiger partial charge in [0.2, 0.25) is 5.95 Å². The number of halogens is 2. The molecule has 23 heavy (non-hydrogen) atoms. The highest BCUT2D eigenvalue weighted by Crippen LogP contribution is 2.24. The van der Waals surface area contributed by atoms with E-state index in [1.807, 2.05) is 7.05 Å². The molecule has 8 heteroatoms. The van der Waals surface area contributed by atoms with Crippen molar-refractivity contribution in [1.82, 2.24) is 15.3 Å². The van der Waals surface area contributed by atoms with Crippen LogP contribution in [-0.4, -0.2) is 36.1 Å². The number of nitrogens with zero attached hydrogens (tertiary/aromatic N) is 3. The van der Waals surface area contributed by atoms with Crippen LogP contribution in [0.15, 0.2) is 24.3 Å². The van der Waals surface area contributed by atoms with Crippen LogP contribution in [0.5, 0.6) is 0 Å². The Labute approximate surface area is 132 Å². The van der Waals surface area contributed by atoms with Gasteiger partial charge in [-0.05, 0) is 25.6 Å². The summed E-state index contributed by atoms with van der Waals surface area (Å²) in [6.45, 7) is 1.70. The zero-order chi connectivity index (χ0) is 16.4. The average Bonchev–Trinajstić information content (AvgIpc) is 2.99. The van der Waals surface area contributed by atoms with Crippen molar-refractivity contribution in [3.05, 3.63) is 35.9 Å². The van der Waals surface area contributed by atoms with Gasteiger partial charge in [0.15, 0.2) is 11.6 Å². The number of hydrogen-bond acceptors (Lipinski definition) is 6. The molecular formula is C15H18F2N6. The molecule has 2 aromatic rings. The SMILES string of the molecule is CN[C@@H]1CCN(c2cc(Nc3ccc(F)c(F)c3)nc(N)n2)C1. The number of aromatic nitrogens is 2. The molecule has 0 radical (unpaired) electrons. The molecule has 1 aliphatic rings. The van der Waals surface area contributed by atoms with E-state index in [0.717, 1.165) is 31.6 Å². The van der Waals surface area contributed by atoms with Crippen molar-refractivity contribution in [2.24, 2.45) is 0 Å². The zero-order valence-corrected chi connectivity index (χ0v) is 12.7. The molecule has 0 amide bonds. The van der Waals surface area contributed by atoms with Crippen LogP contribution in [0.2, 0.25) is 0 Å². The van der Waals surface area contributed by atoms with Crippen LogP contribution in [-0.2, 0) is 0 Å². The van der Waals surface area contributed by atoms with Crippen molar-refractivity contribution in [2.75, 3.05) is 36.1 Å². The van der Waals surface area contributed by atoms with Crippen molar-refractivity contribution in [2.45, 2.75) is 12.5 Å². The first kappa shape index (κ1) is 15.4. The summed E-state index contributed by atoms with van der Waals surface area (Å²) in [5, 5.41) is 6.16. The Morgan fingerprint density at radius 1 is 1.22 bits per heavy atom. The lowest BCUT2D eigenvalue weighted by Gasteiger charge is -2.18. The highest BCUT2D eigenvalue weighted by atomic mass is 19.2. The van der Waals surface area contributed by atoms with Crippen molar-refractivity contribution in [3.63, 3.8) is 0 Å². The first-order valence-corrected chi connectivity index (χ1v) is 7.34. The fourth-order valence-corrected chi connectivity index (χ4v) is 2.60. The third-order valence-electron chi connectivity index (χ3n) is 3.84. The molecule has 0 aliphatic carbocycles. The summed E-state index contributed by atoms with van der Waals surface area (Å²) >= 11 is 0. The van der Waals surface area contributed by atoms with Gasteiger partial charge in [-0.15, -0.1) is 0 Å². The summed E-state index contributed by atoms with van der Waals surface area (Å²) in [4.78, 5) is 10.4. The van der Waals surface area contributed by atoms with Crippen LogP contribution in [0.25, 0.3) is 0 Å². The number of nitrogen functional groups attached to an aromatic ring is 1. The normalized spacial score (nSPS) is 17.5. The van der Waals surface area contributed by atoms with Gasteiger partial charge in [0, 0.05) is 37.0 Å². The molecule has 0 unspecified atom stereocenters. The van der Waals surface area contributed by atoms with E-state index in [0.29, 0.717) is 23.4 Å². The zero-order valence-electron chi connectivity index (χ0n) is 12.7. The number of nitrogens with one attached hydrogen (secondary N) is 2. The molecule has 6 nitrogen and oxygen atoms in total. The van der Waals surface area contributed by atoms with Gasteiger partial charge in [-0.2, -0.15) is 9.97 Å². The van der Waals surface area contributed by atoms with Crippen LogP contribution in [0.3, 0.4) is 0 Å². The maximum Gasteiger partial charge on any atom is 0.223 e. The van der Waals surface area contributed by atoms with Gasteiger partial charge in [0.05, 0.1) is 0 Å². The predicted octanol–water partition coefficient (Wildman–Crippen LogP) is 1.88. The second-order valence-corrected chi connectivity index (χ2v) is 5.44. The van der Waals surface area contributed by atoms with Crippen molar-refractivity contribution >= 4 is 23.3 Å². The number of hydrogen-bond donors (Lipinski definition) is 3. The van der Waals surface area contributed by atoms with Crippen LogP contribution >= 0.6 is 0 Å². The molecule has 3 rings (SSSR count). The van der Waals surface area contributed by atoms with E-state index in [4.69, 9.17) is 5.73 Å². The van der Waals surface area contributed by atoms with Gasteiger partial charge in [-0.3, -0.25) is 0 Å². The first-order valence-electron chi connectivity index (χ1n) is 7.34. The summed E-state index contributed by atoms with van der Waals surface area (Å²) in [6.07, 6.45) is 1.02. The minimum atomic E-state index is -0.923. The maximum atomic E-state index is 13.3. The fourth-order valence-electron chi connectivity index (χ4n) is 2.60. The number of likely N-dealkylation sites (N-methyl/N-ethyl adjacent to an activating group) is 1. The van der Waals surface area contributed by atoms with Gasteiger partial charge in [0.25, 0.3) is 0 Å². The van der Waals surface area contributed by atoms with Crippen molar-refractivity contribution in [3.8, 4) is 0 Å². The number of rotatable bonds is 4. The second kappa shape index (κ2) is 6.33. The Hall–Kier alpha value is -2.48. The Kier molecular flexibility index (Phi) is 4.24. The number of anilines is 4. The van der Waals surface area contributed by atoms with E-state index in [-0.39, 0.29) is 5.95 Å². The van der Waals surface area contributed by atoms with E-state index in [1.165, 1.54) is 6.07 Å². The average molecular weight is 320 g/mol. The lowest BCUT2D eigenvalue weighted by molar-refractivity contribution is 0.509. The standard InChI is InChI=1S/C15H18F2N6/c1-19-10-4-5-23(8-10)14-7-13(21-15(18)22-14)20-9-2-3-11(16)12(17)6-9/h2-3,6-7,10,19H,4-5,8H2,1H3,(H3,18,20,21,22)/t10-/m1/s1. The summed E-state index contributed by atoms with van der Waals surface area (Å²) in [5.74, 6) is -0.547. The Morgan fingerprint density at radius 2 is 2.04 bits per heavy atom. The summed E-state index contributed by atoms with van der Waals surface area (Å²) < 4.78 is 26.3. The monoisotopic (exact) mass is 320 g/mol. The molecule has 1 aromatic carbocycles. The van der Waals surface area contributed by atoms with Crippen LogP contribution in [0.4, 0.5) is 32.1 Å². The Balaban J connectivity index is 1.81. The smallest absolute Gasteiger partial charge is 0.223 e. The largest absolute Gasteiger partial charge is 0.368 e. The fraction of sp³-hybridized carbons (Fsp3) is 0.333. The van der Waals surface area contributed by atoms with Crippen LogP contribution < -0.4 is 21.3 Å². The predicted molar refractivity (Wildman–Crippen MR) is 85.8 cm³/mol. The number of nitrogens with two attached hydrogens (primary N) is 1. The Morgan fingerprint density at radius 3 is 2.74 bits per heavy atom. The topological polar surface area (TPSA) is 79.1 Å². The summed E-state index contributed by atoms with van der Waals surface area (Å²) in [7, 11) is 1.93. The molecule has 0 spiro atoms. The molecule has 0 bridgehead atoms. The molecule has 1 atom stereocenters. The van der Waals surface area contributed by atoms with Gasteiger partial charge in [0.1, 0.15) is 11.6 Å². The van der Waals surface area contributed by atoms with E-state index in [1.54, 1.807) is 6.07 Å². The quantitative estimate of drug-likeness (QED) is 0.798. The van der Waals surface area contributed by atoms with Crippen LogP contribution in [0.1, 0.15) is 6.42 Å². The summed E-state index contributed by atoms with van der Waals surface area (Å²) in [6, 6.07) is 5.72. The van der Waals surface area contributed by atoms with Crippen molar-refractivity contribution < 1.29 is 8.78 Å². The number of benzene rings is 1. The highest BCUT2D eigenvalue weighted by molar-refractivity contribution is 5.61. The van der Waals surface area contributed by atoms with Gasteiger partial charge in [-0.25, -0.2) is 8.78 Å². The minimum Gasteiger partial charge on any atom is -0.368 e.